The maximum absolute atomic E-state index is 2.57. The molecule has 0 heterocycles. The molecule has 0 amide bonds. The van der Waals surface area contributed by atoms with E-state index in [9.17, 15) is 0 Å². The Bertz CT molecular complexity index is 787. The minimum atomic E-state index is 0. The van der Waals surface area contributed by atoms with Crippen LogP contribution in [0.15, 0.2) is 24.3 Å². The fourth-order valence-corrected chi connectivity index (χ4v) is 6.05. The molecule has 0 bridgehead atoms. The molecule has 5 heteroatoms. The largest absolute Gasteiger partial charge is 0.338 e. The van der Waals surface area contributed by atoms with Gasteiger partial charge in [-0.25, -0.2) is 0 Å². The van der Waals surface area contributed by atoms with Gasteiger partial charge in [-0.1, -0.05) is 79.7 Å². The Labute approximate surface area is 232 Å². The van der Waals surface area contributed by atoms with Gasteiger partial charge in [-0.3, -0.25) is 4.67 Å². The molecule has 0 saturated heterocycles. The number of rotatable bonds is 8. The first-order valence-electron chi connectivity index (χ1n) is 13.0. The van der Waals surface area contributed by atoms with E-state index in [1.807, 2.05) is 0 Å². The molecule has 1 unspecified atom stereocenters. The molecule has 0 aromatic heterocycles. The topological polar surface area (TPSA) is 6.48 Å². The van der Waals surface area contributed by atoms with Crippen LogP contribution in [0.4, 0.5) is 0 Å². The summed E-state index contributed by atoms with van der Waals surface area (Å²) < 4.78 is 2.57. The first kappa shape index (κ1) is 34.4. The molecule has 2 aromatic rings. The van der Waals surface area contributed by atoms with Gasteiger partial charge in [0.1, 0.15) is 0 Å². The van der Waals surface area contributed by atoms with E-state index in [1.165, 1.54) is 44.1 Å². The van der Waals surface area contributed by atoms with Crippen LogP contribution in [0.1, 0.15) is 88.8 Å². The van der Waals surface area contributed by atoms with Crippen molar-refractivity contribution in [2.24, 2.45) is 0 Å². The molecule has 1 atom stereocenters. The number of hydrogen-bond donors (Lipinski definition) is 0. The standard InChI is InChI=1S/C15H25BN.C15H26NP.Ge/c1-10(2)17(11(3)4)16-15-13(6)8-12(5)9-14(15)7;1-10(2)16(11(3)4)17-15-13(6)8-12(5)9-14(15)7;/h8-11H,1-7H3;8-11,17H,1-7H3;. The van der Waals surface area contributed by atoms with Crippen molar-refractivity contribution in [3.63, 3.8) is 0 Å². The number of nitrogens with zero attached hydrogens (tertiary/aromatic N) is 2. The average molecular weight is 554 g/mol. The Balaban J connectivity index is 0.000000642. The molecule has 0 aliphatic carbocycles. The second-order valence-corrected chi connectivity index (χ2v) is 12.3. The van der Waals surface area contributed by atoms with Crippen molar-refractivity contribution in [3.8, 4) is 0 Å². The zero-order chi connectivity index (χ0) is 26.3. The van der Waals surface area contributed by atoms with Gasteiger partial charge in [0.15, 0.2) is 0 Å². The van der Waals surface area contributed by atoms with Crippen LogP contribution in [0.5, 0.6) is 0 Å². The summed E-state index contributed by atoms with van der Waals surface area (Å²) in [5.74, 6) is 0. The van der Waals surface area contributed by atoms with Gasteiger partial charge in [0.25, 0.3) is 0 Å². The van der Waals surface area contributed by atoms with Crippen molar-refractivity contribution in [3.05, 3.63) is 57.6 Å². The van der Waals surface area contributed by atoms with Crippen LogP contribution >= 0.6 is 8.73 Å². The summed E-state index contributed by atoms with van der Waals surface area (Å²) in [6.07, 6.45) is 0. The predicted octanol–water partition coefficient (Wildman–Crippen LogP) is 6.54. The van der Waals surface area contributed by atoms with Gasteiger partial charge < -0.3 is 4.81 Å². The van der Waals surface area contributed by atoms with Gasteiger partial charge >= 0.3 is 0 Å². The quantitative estimate of drug-likeness (QED) is 0.270. The van der Waals surface area contributed by atoms with E-state index >= 15 is 0 Å². The Morgan fingerprint density at radius 3 is 1.23 bits per heavy atom. The average Bonchev–Trinajstić information content (AvgIpc) is 2.65. The molecule has 193 valence electrons. The third-order valence-corrected chi connectivity index (χ3v) is 8.54. The molecule has 2 rings (SSSR count). The Morgan fingerprint density at radius 2 is 0.914 bits per heavy atom. The molecule has 0 saturated carbocycles. The molecular formula is C30H51BGeN2P. The van der Waals surface area contributed by atoms with Crippen molar-refractivity contribution >= 4 is 44.5 Å². The summed E-state index contributed by atoms with van der Waals surface area (Å²) in [5.41, 5.74) is 9.70. The van der Waals surface area contributed by atoms with Crippen LogP contribution in [-0.2, 0) is 0 Å². The van der Waals surface area contributed by atoms with Crippen LogP contribution in [0.3, 0.4) is 0 Å². The van der Waals surface area contributed by atoms with E-state index < -0.39 is 0 Å². The Morgan fingerprint density at radius 1 is 0.571 bits per heavy atom. The van der Waals surface area contributed by atoms with E-state index in [2.05, 4.69) is 138 Å². The van der Waals surface area contributed by atoms with Gasteiger partial charge in [0.05, 0.1) is 0 Å². The SMILES string of the molecule is Cc1cc(C)c(PN(C(C)C)C(C)C)c(C)c1.Cc1cc(C)c([B]N(C(C)C)C(C)C)c(C)c1.[Ge]. The van der Waals surface area contributed by atoms with Crippen LogP contribution in [-0.4, -0.2) is 58.7 Å². The van der Waals surface area contributed by atoms with Crippen LogP contribution < -0.4 is 10.8 Å². The summed E-state index contributed by atoms with van der Waals surface area (Å²) in [5, 5.41) is 1.53. The van der Waals surface area contributed by atoms with E-state index in [0.717, 1.165) is 8.73 Å². The number of hydrogen-bond acceptors (Lipinski definition) is 2. The maximum atomic E-state index is 2.57. The third-order valence-electron chi connectivity index (χ3n) is 6.24. The molecule has 5 radical (unpaired) electrons. The van der Waals surface area contributed by atoms with Gasteiger partial charge in [-0.15, -0.1) is 0 Å². The first-order valence-corrected chi connectivity index (χ1v) is 13.9. The first-order chi connectivity index (χ1) is 15.6. The predicted molar refractivity (Wildman–Crippen MR) is 165 cm³/mol. The molecule has 0 fully saturated rings. The smallest absolute Gasteiger partial charge is 0.248 e. The van der Waals surface area contributed by atoms with Gasteiger partial charge in [-0.05, 0) is 106 Å². The van der Waals surface area contributed by atoms with Crippen LogP contribution in [0, 0.1) is 41.5 Å². The van der Waals surface area contributed by atoms with E-state index in [4.69, 9.17) is 0 Å². The minimum absolute atomic E-state index is 0. The molecule has 0 aliphatic rings. The number of benzene rings is 2. The molecule has 2 aromatic carbocycles. The van der Waals surface area contributed by atoms with Crippen LogP contribution in [0.25, 0.3) is 0 Å². The van der Waals surface area contributed by atoms with Crippen molar-refractivity contribution < 1.29 is 0 Å². The van der Waals surface area contributed by atoms with Gasteiger partial charge in [0, 0.05) is 29.7 Å². The molecule has 35 heavy (non-hydrogen) atoms. The van der Waals surface area contributed by atoms with Gasteiger partial charge in [-0.2, -0.15) is 0 Å². The minimum Gasteiger partial charge on any atom is -0.338 e. The Kier molecular flexibility index (Phi) is 15.3. The molecule has 2 nitrogen and oxygen atoms in total. The second-order valence-electron chi connectivity index (χ2n) is 11.1. The van der Waals surface area contributed by atoms with Crippen molar-refractivity contribution in [2.45, 2.75) is 121 Å². The third kappa shape index (κ3) is 10.7. The monoisotopic (exact) mass is 555 g/mol. The molecule has 0 N–H and O–H groups in total. The number of aryl methyl sites for hydroxylation is 6. The summed E-state index contributed by atoms with van der Waals surface area (Å²) in [7, 11) is 3.10. The van der Waals surface area contributed by atoms with Crippen molar-refractivity contribution in [1.29, 1.82) is 0 Å². The van der Waals surface area contributed by atoms with E-state index in [-0.39, 0.29) is 17.6 Å². The fraction of sp³-hybridized carbons (Fsp3) is 0.600. The molecule has 0 aliphatic heterocycles. The second kappa shape index (κ2) is 15.6. The summed E-state index contributed by atoms with van der Waals surface area (Å²) >= 11 is 0. The fourth-order valence-electron chi connectivity index (χ4n) is 4.78. The summed E-state index contributed by atoms with van der Waals surface area (Å²) in [6.45, 7) is 31.3. The molecular weight excluding hydrogens is 503 g/mol. The van der Waals surface area contributed by atoms with E-state index in [1.54, 1.807) is 0 Å². The zero-order valence-electron chi connectivity index (χ0n) is 25.1. The maximum Gasteiger partial charge on any atom is 0.248 e. The normalized spacial score (nSPS) is 11.8. The summed E-state index contributed by atoms with van der Waals surface area (Å²) in [6, 6.07) is 11.4. The van der Waals surface area contributed by atoms with Crippen molar-refractivity contribution in [2.75, 3.05) is 0 Å². The van der Waals surface area contributed by atoms with Crippen LogP contribution in [0.2, 0.25) is 0 Å². The van der Waals surface area contributed by atoms with E-state index in [0.29, 0.717) is 24.2 Å². The van der Waals surface area contributed by atoms with Gasteiger partial charge in [0.2, 0.25) is 7.41 Å². The van der Waals surface area contributed by atoms with Crippen molar-refractivity contribution in [1.82, 2.24) is 9.48 Å². The summed E-state index contributed by atoms with van der Waals surface area (Å²) in [4.78, 5) is 2.42. The molecule has 0 spiro atoms. The Hall–Kier alpha value is -0.602. The zero-order valence-corrected chi connectivity index (χ0v) is 28.2.